The molecule has 1 saturated heterocycles. The lowest BCUT2D eigenvalue weighted by molar-refractivity contribution is 0.0248. The maximum atomic E-state index is 12.1. The highest BCUT2D eigenvalue weighted by atomic mass is 16.3. The first-order valence-corrected chi connectivity index (χ1v) is 5.98. The normalized spacial score (nSPS) is 24.0. The molecule has 3 N–H and O–H groups in total. The summed E-state index contributed by atoms with van der Waals surface area (Å²) < 4.78 is 0. The van der Waals surface area contributed by atoms with Crippen molar-refractivity contribution in [3.63, 3.8) is 0 Å². The van der Waals surface area contributed by atoms with Crippen molar-refractivity contribution in [2.24, 2.45) is 5.92 Å². The van der Waals surface area contributed by atoms with Gasteiger partial charge in [-0.15, -0.1) is 0 Å². The molecule has 1 aliphatic heterocycles. The van der Waals surface area contributed by atoms with E-state index in [9.17, 15) is 20.1 Å². The fourth-order valence-corrected chi connectivity index (χ4v) is 2.07. The first-order valence-electron chi connectivity index (χ1n) is 5.98. The highest BCUT2D eigenvalue weighted by Crippen LogP contribution is 2.26. The van der Waals surface area contributed by atoms with Gasteiger partial charge in [0.25, 0.3) is 5.91 Å². The van der Waals surface area contributed by atoms with E-state index >= 15 is 0 Å². The molecule has 2 atom stereocenters. The van der Waals surface area contributed by atoms with E-state index < -0.39 is 6.10 Å². The zero-order valence-electron chi connectivity index (χ0n) is 10.2. The van der Waals surface area contributed by atoms with Crippen molar-refractivity contribution in [1.82, 2.24) is 4.90 Å². The Morgan fingerprint density at radius 3 is 2.67 bits per heavy atom. The highest BCUT2D eigenvalue weighted by Gasteiger charge is 2.28. The van der Waals surface area contributed by atoms with Gasteiger partial charge >= 0.3 is 0 Å². The Morgan fingerprint density at radius 1 is 1.33 bits per heavy atom. The number of aromatic hydroxyl groups is 2. The summed E-state index contributed by atoms with van der Waals surface area (Å²) in [6, 6.07) is 3.98. The fourth-order valence-electron chi connectivity index (χ4n) is 2.07. The minimum Gasteiger partial charge on any atom is -0.504 e. The van der Waals surface area contributed by atoms with Crippen molar-refractivity contribution in [3.05, 3.63) is 23.8 Å². The number of benzene rings is 1. The van der Waals surface area contributed by atoms with Gasteiger partial charge in [-0.2, -0.15) is 0 Å². The van der Waals surface area contributed by atoms with Crippen molar-refractivity contribution >= 4 is 5.91 Å². The largest absolute Gasteiger partial charge is 0.504 e. The number of carbonyl (C=O) groups is 1. The van der Waals surface area contributed by atoms with Crippen LogP contribution in [0.5, 0.6) is 11.5 Å². The van der Waals surface area contributed by atoms with Gasteiger partial charge in [0.15, 0.2) is 11.5 Å². The average Bonchev–Trinajstić information content (AvgIpc) is 2.35. The lowest BCUT2D eigenvalue weighted by Crippen LogP contribution is -2.45. The molecule has 0 aromatic heterocycles. The number of phenols is 2. The number of likely N-dealkylation sites (tertiary alicyclic amines) is 1. The second-order valence-electron chi connectivity index (χ2n) is 4.79. The number of phenolic OH excluding ortho intramolecular Hbond substituents is 2. The number of piperidine rings is 1. The summed E-state index contributed by atoms with van der Waals surface area (Å²) in [4.78, 5) is 13.7. The molecule has 0 spiro atoms. The number of aliphatic hydroxyl groups is 1. The number of β-amino-alcohol motifs (C(OH)–C–C–N with tert-alkyl or cyclic N) is 1. The molecule has 5 nitrogen and oxygen atoms in total. The van der Waals surface area contributed by atoms with E-state index in [-0.39, 0.29) is 23.3 Å². The van der Waals surface area contributed by atoms with Crippen molar-refractivity contribution < 1.29 is 20.1 Å². The van der Waals surface area contributed by atoms with Crippen LogP contribution < -0.4 is 0 Å². The van der Waals surface area contributed by atoms with E-state index in [1.54, 1.807) is 4.90 Å². The van der Waals surface area contributed by atoms with Gasteiger partial charge in [0.1, 0.15) is 0 Å². The van der Waals surface area contributed by atoms with Crippen LogP contribution in [0.1, 0.15) is 23.7 Å². The quantitative estimate of drug-likeness (QED) is 0.649. The van der Waals surface area contributed by atoms with Crippen LogP contribution in [0, 0.1) is 5.92 Å². The number of hydrogen-bond donors (Lipinski definition) is 3. The van der Waals surface area contributed by atoms with E-state index in [0.717, 1.165) is 6.42 Å². The first-order chi connectivity index (χ1) is 8.49. The molecule has 1 aliphatic rings. The number of rotatable bonds is 1. The molecule has 2 unspecified atom stereocenters. The van der Waals surface area contributed by atoms with Crippen molar-refractivity contribution in [2.45, 2.75) is 19.4 Å². The van der Waals surface area contributed by atoms with Gasteiger partial charge in [-0.05, 0) is 30.5 Å². The molecule has 1 aromatic carbocycles. The minimum absolute atomic E-state index is 0.197. The standard InChI is InChI=1S/C13H17NO4/c1-8-4-5-14(7-12(8)17)13(18)9-2-3-10(15)11(16)6-9/h2-3,6,8,12,15-17H,4-5,7H2,1H3. The Bertz CT molecular complexity index is 460. The van der Waals surface area contributed by atoms with Crippen LogP contribution in [0.25, 0.3) is 0 Å². The smallest absolute Gasteiger partial charge is 0.254 e. The van der Waals surface area contributed by atoms with E-state index in [1.807, 2.05) is 6.92 Å². The van der Waals surface area contributed by atoms with Crippen molar-refractivity contribution in [3.8, 4) is 11.5 Å². The van der Waals surface area contributed by atoms with Gasteiger partial charge in [-0.1, -0.05) is 6.92 Å². The monoisotopic (exact) mass is 251 g/mol. The van der Waals surface area contributed by atoms with E-state index in [0.29, 0.717) is 18.7 Å². The van der Waals surface area contributed by atoms with Crippen LogP contribution in [0.2, 0.25) is 0 Å². The zero-order valence-corrected chi connectivity index (χ0v) is 10.2. The molecule has 5 heteroatoms. The third-order valence-electron chi connectivity index (χ3n) is 3.43. The van der Waals surface area contributed by atoms with Gasteiger partial charge in [-0.25, -0.2) is 0 Å². The molecular formula is C13H17NO4. The summed E-state index contributed by atoms with van der Waals surface area (Å²) in [5.74, 6) is -0.607. The Morgan fingerprint density at radius 2 is 2.06 bits per heavy atom. The van der Waals surface area contributed by atoms with Crippen LogP contribution in [-0.2, 0) is 0 Å². The first kappa shape index (κ1) is 12.7. The molecule has 1 amide bonds. The fraction of sp³-hybridized carbons (Fsp3) is 0.462. The Hall–Kier alpha value is -1.75. The molecule has 1 fully saturated rings. The number of hydrogen-bond acceptors (Lipinski definition) is 4. The second-order valence-corrected chi connectivity index (χ2v) is 4.79. The maximum Gasteiger partial charge on any atom is 0.254 e. The third-order valence-corrected chi connectivity index (χ3v) is 3.43. The average molecular weight is 251 g/mol. The van der Waals surface area contributed by atoms with Crippen LogP contribution in [0.3, 0.4) is 0 Å². The zero-order chi connectivity index (χ0) is 13.3. The molecule has 0 radical (unpaired) electrons. The van der Waals surface area contributed by atoms with Gasteiger partial charge in [0.05, 0.1) is 6.10 Å². The summed E-state index contributed by atoms with van der Waals surface area (Å²) in [5.41, 5.74) is 0.312. The van der Waals surface area contributed by atoms with Crippen molar-refractivity contribution in [1.29, 1.82) is 0 Å². The molecule has 2 rings (SSSR count). The molecule has 0 saturated carbocycles. The third kappa shape index (κ3) is 2.41. The van der Waals surface area contributed by atoms with Gasteiger partial charge in [0, 0.05) is 18.7 Å². The van der Waals surface area contributed by atoms with Gasteiger partial charge in [0.2, 0.25) is 0 Å². The Kier molecular flexibility index (Phi) is 3.43. The summed E-state index contributed by atoms with van der Waals surface area (Å²) in [7, 11) is 0. The minimum atomic E-state index is -0.506. The molecule has 1 heterocycles. The van der Waals surface area contributed by atoms with E-state index in [1.165, 1.54) is 18.2 Å². The lowest BCUT2D eigenvalue weighted by atomic mass is 9.95. The molecule has 18 heavy (non-hydrogen) atoms. The van der Waals surface area contributed by atoms with Gasteiger partial charge < -0.3 is 20.2 Å². The molecule has 1 aromatic rings. The number of amides is 1. The summed E-state index contributed by atoms with van der Waals surface area (Å²) in [6.45, 7) is 2.86. The van der Waals surface area contributed by atoms with Crippen LogP contribution in [-0.4, -0.2) is 45.3 Å². The Balaban J connectivity index is 2.14. The SMILES string of the molecule is CC1CCN(C(=O)c2ccc(O)c(O)c2)CC1O. The maximum absolute atomic E-state index is 12.1. The molecule has 98 valence electrons. The highest BCUT2D eigenvalue weighted by molar-refractivity contribution is 5.95. The molecule has 0 bridgehead atoms. The van der Waals surface area contributed by atoms with Gasteiger partial charge in [-0.3, -0.25) is 4.79 Å². The summed E-state index contributed by atoms with van der Waals surface area (Å²) in [5, 5.41) is 28.3. The van der Waals surface area contributed by atoms with Crippen LogP contribution >= 0.6 is 0 Å². The predicted octanol–water partition coefficient (Wildman–Crippen LogP) is 0.941. The Labute approximate surface area is 105 Å². The van der Waals surface area contributed by atoms with Crippen LogP contribution in [0.15, 0.2) is 18.2 Å². The predicted molar refractivity (Wildman–Crippen MR) is 65.5 cm³/mol. The molecule has 0 aliphatic carbocycles. The second kappa shape index (κ2) is 4.86. The van der Waals surface area contributed by atoms with Crippen molar-refractivity contribution in [2.75, 3.05) is 13.1 Å². The lowest BCUT2D eigenvalue weighted by Gasteiger charge is -2.34. The topological polar surface area (TPSA) is 81.0 Å². The number of carbonyl (C=O) groups excluding carboxylic acids is 1. The number of nitrogens with zero attached hydrogens (tertiary/aromatic N) is 1. The van der Waals surface area contributed by atoms with Crippen LogP contribution in [0.4, 0.5) is 0 Å². The number of aliphatic hydroxyl groups excluding tert-OH is 1. The molecular weight excluding hydrogens is 234 g/mol. The summed E-state index contributed by atoms with van der Waals surface area (Å²) >= 11 is 0. The van der Waals surface area contributed by atoms with E-state index in [4.69, 9.17) is 0 Å². The van der Waals surface area contributed by atoms with E-state index in [2.05, 4.69) is 0 Å². The summed E-state index contributed by atoms with van der Waals surface area (Å²) in [6.07, 6.45) is 0.255.